The number of rotatable bonds is 4. The Kier molecular flexibility index (Phi) is 12.6. The van der Waals surface area contributed by atoms with Crippen LogP contribution in [0.1, 0.15) is 108 Å². The summed E-state index contributed by atoms with van der Waals surface area (Å²) in [5, 5.41) is 5.27. The zero-order valence-electron chi connectivity index (χ0n) is 32.6. The molecule has 50 heavy (non-hydrogen) atoms. The maximum absolute atomic E-state index is 11.1. The molecular formula is C34H54B3BrN4O8. The monoisotopic (exact) mass is 758 g/mol. The molecular weight excluding hydrogens is 705 g/mol. The van der Waals surface area contributed by atoms with Gasteiger partial charge in [-0.25, -0.2) is 9.97 Å². The van der Waals surface area contributed by atoms with Gasteiger partial charge >= 0.3 is 21.1 Å². The van der Waals surface area contributed by atoms with Gasteiger partial charge in [-0.1, -0.05) is 15.9 Å². The summed E-state index contributed by atoms with van der Waals surface area (Å²) in [5.41, 5.74) is 0.692. The maximum Gasteiger partial charge on any atom is 0.495 e. The van der Waals surface area contributed by atoms with Crippen LogP contribution < -0.4 is 16.1 Å². The van der Waals surface area contributed by atoms with E-state index in [9.17, 15) is 9.59 Å². The molecule has 0 saturated carbocycles. The van der Waals surface area contributed by atoms with E-state index in [0.29, 0.717) is 11.6 Å². The number of hydrogen-bond acceptors (Lipinski definition) is 10. The first kappa shape index (κ1) is 42.1. The molecule has 0 aliphatic carbocycles. The van der Waals surface area contributed by atoms with Crippen LogP contribution in [0.15, 0.2) is 29.0 Å². The van der Waals surface area contributed by atoms with E-state index in [2.05, 4.69) is 36.5 Å². The number of halogens is 1. The number of nitrogens with one attached hydrogen (secondary N) is 2. The summed E-state index contributed by atoms with van der Waals surface area (Å²) in [7, 11) is -1.40. The molecule has 2 amide bonds. The third-order valence-electron chi connectivity index (χ3n) is 10.1. The maximum atomic E-state index is 11.1. The lowest BCUT2D eigenvalue weighted by molar-refractivity contribution is -0.115. The van der Waals surface area contributed by atoms with Gasteiger partial charge < -0.3 is 38.6 Å². The number of carbonyl (C=O) groups is 2. The number of anilines is 2. The van der Waals surface area contributed by atoms with E-state index in [4.69, 9.17) is 27.9 Å². The van der Waals surface area contributed by atoms with Gasteiger partial charge in [0, 0.05) is 30.7 Å². The van der Waals surface area contributed by atoms with Crippen molar-refractivity contribution in [1.29, 1.82) is 0 Å². The molecule has 2 N–H and O–H groups in total. The minimum Gasteiger partial charge on any atom is -0.405 e. The highest BCUT2D eigenvalue weighted by Crippen LogP contribution is 2.43. The molecule has 16 heteroatoms. The fourth-order valence-corrected chi connectivity index (χ4v) is 5.08. The molecule has 2 aromatic heterocycles. The second kappa shape index (κ2) is 15.0. The Bertz CT molecular complexity index is 1490. The molecule has 5 rings (SSSR count). The fourth-order valence-electron chi connectivity index (χ4n) is 4.76. The summed E-state index contributed by atoms with van der Waals surface area (Å²) < 4.78 is 36.9. The Hall–Kier alpha value is -2.33. The first-order valence-corrected chi connectivity index (χ1v) is 17.6. The Labute approximate surface area is 307 Å². The van der Waals surface area contributed by atoms with Crippen LogP contribution in [0, 0.1) is 13.8 Å². The van der Waals surface area contributed by atoms with Gasteiger partial charge in [0.1, 0.15) is 11.6 Å². The van der Waals surface area contributed by atoms with Gasteiger partial charge in [0.15, 0.2) is 0 Å². The van der Waals surface area contributed by atoms with Crippen molar-refractivity contribution in [2.45, 2.75) is 144 Å². The Morgan fingerprint density at radius 3 is 1.24 bits per heavy atom. The summed E-state index contributed by atoms with van der Waals surface area (Å²) in [6.45, 7) is 31.1. The van der Waals surface area contributed by atoms with Crippen molar-refractivity contribution < 1.29 is 37.5 Å². The molecule has 3 fully saturated rings. The lowest BCUT2D eigenvalue weighted by Gasteiger charge is -2.32. The second-order valence-corrected chi connectivity index (χ2v) is 16.8. The van der Waals surface area contributed by atoms with Crippen molar-refractivity contribution in [3.63, 3.8) is 0 Å². The average molecular weight is 759 g/mol. The summed E-state index contributed by atoms with van der Waals surface area (Å²) in [5.74, 6) is 0.812. The van der Waals surface area contributed by atoms with Crippen molar-refractivity contribution in [3.8, 4) is 0 Å². The fraction of sp³-hybridized carbons (Fsp3) is 0.647. The largest absolute Gasteiger partial charge is 0.495 e. The van der Waals surface area contributed by atoms with E-state index in [1.165, 1.54) is 13.8 Å². The van der Waals surface area contributed by atoms with Crippen LogP contribution >= 0.6 is 15.9 Å². The van der Waals surface area contributed by atoms with Gasteiger partial charge in [0.2, 0.25) is 11.8 Å². The third kappa shape index (κ3) is 9.75. The number of nitrogens with zero attached hydrogens (tertiary/aromatic N) is 2. The van der Waals surface area contributed by atoms with Crippen LogP contribution in [0.25, 0.3) is 0 Å². The van der Waals surface area contributed by atoms with Crippen LogP contribution in [0.4, 0.5) is 11.6 Å². The number of aryl methyl sites for hydroxylation is 2. The lowest BCUT2D eigenvalue weighted by Crippen LogP contribution is -2.41. The minimum atomic E-state index is -0.476. The van der Waals surface area contributed by atoms with Gasteiger partial charge in [-0.3, -0.25) is 9.59 Å². The third-order valence-corrected chi connectivity index (χ3v) is 10.9. The minimum absolute atomic E-state index is 0.113. The molecule has 3 saturated heterocycles. The van der Waals surface area contributed by atoms with E-state index in [-0.39, 0.29) is 45.4 Å². The second-order valence-electron chi connectivity index (χ2n) is 15.9. The topological polar surface area (TPSA) is 139 Å². The zero-order chi connectivity index (χ0) is 38.3. The number of aromatic nitrogens is 2. The molecule has 0 radical (unpaired) electrons. The van der Waals surface area contributed by atoms with E-state index in [1.807, 2.05) is 96.9 Å². The van der Waals surface area contributed by atoms with Crippen molar-refractivity contribution in [2.24, 2.45) is 0 Å². The smallest absolute Gasteiger partial charge is 0.405 e. The van der Waals surface area contributed by atoms with Gasteiger partial charge in [-0.05, 0) is 126 Å². The van der Waals surface area contributed by atoms with Gasteiger partial charge in [-0.15, -0.1) is 0 Å². The Morgan fingerprint density at radius 2 is 0.900 bits per heavy atom. The normalized spacial score (nSPS) is 21.8. The standard InChI is InChI=1S/C14H21BN2O3.C12H24B2O4.C8H9BrN2O/c1-9-8-16-12(17-10(2)18)7-11(9)15-19-13(3,4)14(5,6)20-15;1-9(2)10(3,4)16-13(15-9)14-17-11(5,6)12(7,8)18-14;1-5-4-10-8(3-7(5)9)11-6(2)12/h7-8H,1-6H3,(H,16,17,18);1-8H3;3-4H,1-2H3,(H,10,11,12). The van der Waals surface area contributed by atoms with E-state index >= 15 is 0 Å². The van der Waals surface area contributed by atoms with E-state index < -0.39 is 21.1 Å². The quantitative estimate of drug-likeness (QED) is 0.357. The predicted octanol–water partition coefficient (Wildman–Crippen LogP) is 6.01. The number of hydrogen-bond donors (Lipinski definition) is 2. The van der Waals surface area contributed by atoms with Crippen molar-refractivity contribution in [1.82, 2.24) is 9.97 Å². The summed E-state index contributed by atoms with van der Waals surface area (Å²) in [6, 6.07) is 3.58. The first-order valence-electron chi connectivity index (χ1n) is 16.8. The van der Waals surface area contributed by atoms with Gasteiger partial charge in [0.25, 0.3) is 0 Å². The molecule has 0 atom stereocenters. The molecule has 0 spiro atoms. The van der Waals surface area contributed by atoms with E-state index in [0.717, 1.165) is 21.1 Å². The van der Waals surface area contributed by atoms with Crippen molar-refractivity contribution in [3.05, 3.63) is 40.1 Å². The first-order chi connectivity index (χ1) is 22.6. The average Bonchev–Trinajstić information content (AvgIpc) is 3.41. The number of amides is 2. The summed E-state index contributed by atoms with van der Waals surface area (Å²) >= 11 is 3.34. The van der Waals surface area contributed by atoms with Crippen LogP contribution in [0.3, 0.4) is 0 Å². The SMILES string of the molecule is CC(=O)Nc1cc(B2OC(C)(C)C(C)(C)O2)c(C)cn1.CC(=O)Nc1cc(Br)c(C)cn1.CC1(C)OB(B2OC(C)(C)C(C)(C)O2)OC1(C)C. The van der Waals surface area contributed by atoms with Crippen molar-refractivity contribution >= 4 is 66.0 Å². The number of carbonyl (C=O) groups excluding carboxylic acids is 2. The molecule has 0 unspecified atom stereocenters. The highest BCUT2D eigenvalue weighted by molar-refractivity contribution is 9.10. The van der Waals surface area contributed by atoms with Gasteiger partial charge in [-0.2, -0.15) is 0 Å². The van der Waals surface area contributed by atoms with Crippen LogP contribution in [-0.4, -0.2) is 76.5 Å². The highest BCUT2D eigenvalue weighted by atomic mass is 79.9. The number of pyridine rings is 2. The molecule has 0 aromatic carbocycles. The van der Waals surface area contributed by atoms with Crippen LogP contribution in [0.2, 0.25) is 0 Å². The molecule has 5 heterocycles. The molecule has 2 aromatic rings. The molecule has 274 valence electrons. The summed E-state index contributed by atoms with van der Waals surface area (Å²) in [6.07, 6.45) is 3.42. The predicted molar refractivity (Wildman–Crippen MR) is 202 cm³/mol. The molecule has 3 aliphatic rings. The Balaban J connectivity index is 0.000000209. The van der Waals surface area contributed by atoms with Crippen molar-refractivity contribution in [2.75, 3.05) is 10.6 Å². The molecule has 12 nitrogen and oxygen atoms in total. The molecule has 0 bridgehead atoms. The summed E-state index contributed by atoms with van der Waals surface area (Å²) in [4.78, 5) is 30.0. The van der Waals surface area contributed by atoms with Crippen LogP contribution in [-0.2, 0) is 37.5 Å². The van der Waals surface area contributed by atoms with E-state index in [1.54, 1.807) is 24.5 Å². The Morgan fingerprint density at radius 1 is 0.580 bits per heavy atom. The van der Waals surface area contributed by atoms with Crippen LogP contribution in [0.5, 0.6) is 0 Å². The lowest BCUT2D eigenvalue weighted by atomic mass is 9.49. The molecule has 3 aliphatic heterocycles. The highest BCUT2D eigenvalue weighted by Gasteiger charge is 2.63. The zero-order valence-corrected chi connectivity index (χ0v) is 34.2. The van der Waals surface area contributed by atoms with Gasteiger partial charge in [0.05, 0.1) is 33.6 Å².